The third-order valence-corrected chi connectivity index (χ3v) is 1.77. The van der Waals surface area contributed by atoms with Gasteiger partial charge in [0.25, 0.3) is 0 Å². The maximum absolute atomic E-state index is 4.96. The molecule has 2 nitrogen and oxygen atoms in total. The van der Waals surface area contributed by atoms with Gasteiger partial charge in [0.2, 0.25) is 0 Å². The van der Waals surface area contributed by atoms with Crippen molar-refractivity contribution in [2.75, 3.05) is 5.75 Å². The van der Waals surface area contributed by atoms with Crippen molar-refractivity contribution < 1.29 is 4.52 Å². The van der Waals surface area contributed by atoms with Crippen LogP contribution in [-0.2, 0) is 6.42 Å². The van der Waals surface area contributed by atoms with E-state index in [1.807, 2.05) is 13.8 Å². The molecule has 0 aliphatic carbocycles. The minimum atomic E-state index is 0.850. The highest BCUT2D eigenvalue weighted by Gasteiger charge is 2.06. The number of thiol groups is 1. The maximum Gasteiger partial charge on any atom is 0.137 e. The first-order valence-corrected chi connectivity index (χ1v) is 3.91. The number of nitrogens with zero attached hydrogens (tertiary/aromatic N) is 1. The van der Waals surface area contributed by atoms with Gasteiger partial charge in [0.1, 0.15) is 5.76 Å². The Bertz CT molecular complexity index is 200. The Hall–Kier alpha value is -0.440. The molecule has 0 spiro atoms. The van der Waals surface area contributed by atoms with E-state index in [1.165, 1.54) is 5.56 Å². The number of aromatic nitrogens is 1. The van der Waals surface area contributed by atoms with Gasteiger partial charge in [-0.2, -0.15) is 12.6 Å². The number of rotatable bonds is 2. The molecular formula is C7H11NOS. The van der Waals surface area contributed by atoms with Gasteiger partial charge in [0.05, 0.1) is 5.69 Å². The normalized spacial score (nSPS) is 10.3. The molecule has 1 aromatic rings. The molecule has 0 saturated carbocycles. The molecule has 3 heteroatoms. The molecule has 0 fully saturated rings. The summed E-state index contributed by atoms with van der Waals surface area (Å²) in [5.41, 5.74) is 2.20. The molecule has 0 atom stereocenters. The van der Waals surface area contributed by atoms with Crippen LogP contribution in [0.5, 0.6) is 0 Å². The first kappa shape index (κ1) is 7.66. The van der Waals surface area contributed by atoms with Gasteiger partial charge < -0.3 is 4.52 Å². The average Bonchev–Trinajstić information content (AvgIpc) is 2.20. The van der Waals surface area contributed by atoms with Crippen LogP contribution >= 0.6 is 12.6 Å². The van der Waals surface area contributed by atoms with Crippen molar-refractivity contribution >= 4 is 12.6 Å². The van der Waals surface area contributed by atoms with E-state index in [2.05, 4.69) is 17.8 Å². The Balaban J connectivity index is 2.87. The second-order valence-electron chi connectivity index (χ2n) is 2.28. The third kappa shape index (κ3) is 1.34. The summed E-state index contributed by atoms with van der Waals surface area (Å²) in [6.07, 6.45) is 0.949. The minimum absolute atomic E-state index is 0.850. The van der Waals surface area contributed by atoms with E-state index in [0.717, 1.165) is 23.6 Å². The Morgan fingerprint density at radius 1 is 1.50 bits per heavy atom. The standard InChI is InChI=1S/C7H11NOS/c1-5-7(3-4-10)6(2)9-8-5/h10H,3-4H2,1-2H3. The summed E-state index contributed by atoms with van der Waals surface area (Å²) in [4.78, 5) is 0. The number of aryl methyl sites for hydroxylation is 2. The smallest absolute Gasteiger partial charge is 0.137 e. The Morgan fingerprint density at radius 2 is 2.20 bits per heavy atom. The number of hydrogen-bond acceptors (Lipinski definition) is 3. The SMILES string of the molecule is Cc1noc(C)c1CCS. The van der Waals surface area contributed by atoms with Gasteiger partial charge in [-0.25, -0.2) is 0 Å². The zero-order chi connectivity index (χ0) is 7.56. The minimum Gasteiger partial charge on any atom is -0.361 e. The van der Waals surface area contributed by atoms with Crippen molar-refractivity contribution in [1.29, 1.82) is 0 Å². The second kappa shape index (κ2) is 3.10. The van der Waals surface area contributed by atoms with Crippen molar-refractivity contribution in [2.24, 2.45) is 0 Å². The fraction of sp³-hybridized carbons (Fsp3) is 0.571. The Morgan fingerprint density at radius 3 is 2.60 bits per heavy atom. The molecule has 0 aromatic carbocycles. The quantitative estimate of drug-likeness (QED) is 0.662. The monoisotopic (exact) mass is 157 g/mol. The second-order valence-corrected chi connectivity index (χ2v) is 2.72. The van der Waals surface area contributed by atoms with Crippen LogP contribution in [0, 0.1) is 13.8 Å². The summed E-state index contributed by atoms with van der Waals surface area (Å²) in [6, 6.07) is 0. The van der Waals surface area contributed by atoms with Crippen molar-refractivity contribution in [2.45, 2.75) is 20.3 Å². The third-order valence-electron chi connectivity index (χ3n) is 1.54. The van der Waals surface area contributed by atoms with Crippen molar-refractivity contribution in [3.63, 3.8) is 0 Å². The Kier molecular flexibility index (Phi) is 2.38. The lowest BCUT2D eigenvalue weighted by Gasteiger charge is -1.92. The van der Waals surface area contributed by atoms with E-state index in [4.69, 9.17) is 4.52 Å². The average molecular weight is 157 g/mol. The fourth-order valence-corrected chi connectivity index (χ4v) is 1.19. The summed E-state index contributed by atoms with van der Waals surface area (Å²) in [5.74, 6) is 1.77. The molecular weight excluding hydrogens is 146 g/mol. The summed E-state index contributed by atoms with van der Waals surface area (Å²) >= 11 is 4.13. The van der Waals surface area contributed by atoms with Crippen molar-refractivity contribution in [3.05, 3.63) is 17.0 Å². The van der Waals surface area contributed by atoms with E-state index in [0.29, 0.717) is 0 Å². The zero-order valence-corrected chi connectivity index (χ0v) is 7.11. The summed E-state index contributed by atoms with van der Waals surface area (Å²) in [7, 11) is 0. The van der Waals surface area contributed by atoms with Gasteiger partial charge in [-0.1, -0.05) is 5.16 Å². The molecule has 0 amide bonds. The van der Waals surface area contributed by atoms with E-state index in [-0.39, 0.29) is 0 Å². The molecule has 0 aliphatic heterocycles. The lowest BCUT2D eigenvalue weighted by Crippen LogP contribution is -1.88. The molecule has 0 unspecified atom stereocenters. The predicted molar refractivity (Wildman–Crippen MR) is 43.5 cm³/mol. The van der Waals surface area contributed by atoms with Crippen LogP contribution in [0.15, 0.2) is 4.52 Å². The molecule has 0 radical (unpaired) electrons. The highest BCUT2D eigenvalue weighted by atomic mass is 32.1. The molecule has 0 N–H and O–H groups in total. The largest absolute Gasteiger partial charge is 0.361 e. The molecule has 0 saturated heterocycles. The lowest BCUT2D eigenvalue weighted by molar-refractivity contribution is 0.392. The van der Waals surface area contributed by atoms with E-state index in [1.54, 1.807) is 0 Å². The highest BCUT2D eigenvalue weighted by Crippen LogP contribution is 2.12. The van der Waals surface area contributed by atoms with E-state index in [9.17, 15) is 0 Å². The Labute approximate surface area is 66.0 Å². The summed E-state index contributed by atoms with van der Waals surface area (Å²) < 4.78 is 4.96. The molecule has 56 valence electrons. The van der Waals surface area contributed by atoms with Crippen LogP contribution in [0.4, 0.5) is 0 Å². The van der Waals surface area contributed by atoms with Crippen molar-refractivity contribution in [3.8, 4) is 0 Å². The number of hydrogen-bond donors (Lipinski definition) is 1. The van der Waals surface area contributed by atoms with Crippen molar-refractivity contribution in [1.82, 2.24) is 5.16 Å². The first-order valence-electron chi connectivity index (χ1n) is 3.28. The molecule has 1 rings (SSSR count). The molecule has 1 heterocycles. The van der Waals surface area contributed by atoms with Crippen LogP contribution < -0.4 is 0 Å². The summed E-state index contributed by atoms with van der Waals surface area (Å²) in [5, 5.41) is 3.83. The van der Waals surface area contributed by atoms with Gasteiger partial charge >= 0.3 is 0 Å². The van der Waals surface area contributed by atoms with Crippen LogP contribution in [-0.4, -0.2) is 10.9 Å². The van der Waals surface area contributed by atoms with Gasteiger partial charge in [-0.3, -0.25) is 0 Å². The van der Waals surface area contributed by atoms with E-state index < -0.39 is 0 Å². The van der Waals surface area contributed by atoms with Crippen LogP contribution in [0.2, 0.25) is 0 Å². The lowest BCUT2D eigenvalue weighted by atomic mass is 10.1. The highest BCUT2D eigenvalue weighted by molar-refractivity contribution is 7.80. The fourth-order valence-electron chi connectivity index (χ4n) is 0.971. The topological polar surface area (TPSA) is 26.0 Å². The predicted octanol–water partition coefficient (Wildman–Crippen LogP) is 1.76. The van der Waals surface area contributed by atoms with Crippen LogP contribution in [0.25, 0.3) is 0 Å². The van der Waals surface area contributed by atoms with E-state index >= 15 is 0 Å². The van der Waals surface area contributed by atoms with Crippen LogP contribution in [0.1, 0.15) is 17.0 Å². The molecule has 0 bridgehead atoms. The first-order chi connectivity index (χ1) is 4.75. The zero-order valence-electron chi connectivity index (χ0n) is 6.22. The van der Waals surface area contributed by atoms with Gasteiger partial charge in [0.15, 0.2) is 0 Å². The summed E-state index contributed by atoms with van der Waals surface area (Å²) in [6.45, 7) is 3.88. The van der Waals surface area contributed by atoms with Gasteiger partial charge in [0, 0.05) is 5.56 Å². The van der Waals surface area contributed by atoms with Gasteiger partial charge in [-0.05, 0) is 26.0 Å². The van der Waals surface area contributed by atoms with Crippen LogP contribution in [0.3, 0.4) is 0 Å². The molecule has 0 aliphatic rings. The molecule has 10 heavy (non-hydrogen) atoms. The maximum atomic E-state index is 4.96. The van der Waals surface area contributed by atoms with Gasteiger partial charge in [-0.15, -0.1) is 0 Å². The molecule has 1 aromatic heterocycles.